The Balaban J connectivity index is 1.53. The van der Waals surface area contributed by atoms with Crippen LogP contribution in [0.15, 0.2) is 83.8 Å². The largest absolute Gasteiger partial charge is 0.352 e. The number of hydrogen-bond donors (Lipinski definition) is 4. The zero-order valence-corrected chi connectivity index (χ0v) is 18.4. The summed E-state index contributed by atoms with van der Waals surface area (Å²) in [4.78, 5) is 0.131. The van der Waals surface area contributed by atoms with Gasteiger partial charge >= 0.3 is 0 Å². The maximum Gasteiger partial charge on any atom is 0.238 e. The van der Waals surface area contributed by atoms with Crippen molar-refractivity contribution in [3.8, 4) is 0 Å². The number of primary sulfonamides is 1. The Morgan fingerprint density at radius 2 is 1.75 bits per heavy atom. The van der Waals surface area contributed by atoms with Gasteiger partial charge in [-0.05, 0) is 36.8 Å². The van der Waals surface area contributed by atoms with E-state index in [4.69, 9.17) is 5.14 Å². The molecule has 1 aliphatic heterocycles. The monoisotopic (exact) mass is 447 g/mol. The first-order valence-corrected chi connectivity index (χ1v) is 12.0. The summed E-state index contributed by atoms with van der Waals surface area (Å²) in [6.07, 6.45) is -0.387. The van der Waals surface area contributed by atoms with Crippen molar-refractivity contribution in [1.29, 1.82) is 0 Å². The second kappa shape index (κ2) is 8.07. The maximum atomic E-state index is 12.1. The fourth-order valence-corrected chi connectivity index (χ4v) is 5.13. The number of hydrogen-bond acceptors (Lipinski definition) is 5. The fraction of sp³-hybridized carbons (Fsp3) is 0.167. The topological polar surface area (TPSA) is 101 Å². The minimum absolute atomic E-state index is 0.101. The van der Waals surface area contributed by atoms with Gasteiger partial charge in [-0.2, -0.15) is 0 Å². The summed E-state index contributed by atoms with van der Waals surface area (Å²) < 4.78 is 26.3. The Kier molecular flexibility index (Phi) is 5.22. The van der Waals surface area contributed by atoms with Crippen molar-refractivity contribution in [2.24, 2.45) is 5.14 Å². The molecule has 0 amide bonds. The van der Waals surface area contributed by atoms with Crippen molar-refractivity contribution >= 4 is 26.6 Å². The minimum Gasteiger partial charge on any atom is -0.352 e. The highest BCUT2D eigenvalue weighted by molar-refractivity contribution is 7.89. The summed E-state index contributed by atoms with van der Waals surface area (Å²) in [5.74, 6) is 0. The van der Waals surface area contributed by atoms with Gasteiger partial charge in [0.25, 0.3) is 0 Å². The first kappa shape index (κ1) is 20.7. The predicted molar refractivity (Wildman–Crippen MR) is 126 cm³/mol. The number of nitrogens with two attached hydrogens (primary N) is 1. The van der Waals surface area contributed by atoms with E-state index in [0.29, 0.717) is 11.9 Å². The molecule has 1 aliphatic rings. The van der Waals surface area contributed by atoms with E-state index < -0.39 is 10.0 Å². The van der Waals surface area contributed by atoms with Gasteiger partial charge in [0.2, 0.25) is 10.0 Å². The minimum atomic E-state index is -3.83. The molecule has 1 aromatic heterocycles. The number of anilines is 1. The number of para-hydroxylation sites is 1. The summed E-state index contributed by atoms with van der Waals surface area (Å²) in [6, 6.07) is 25.5. The van der Waals surface area contributed by atoms with Gasteiger partial charge in [-0.1, -0.05) is 54.6 Å². The first-order chi connectivity index (χ1) is 15.4. The van der Waals surface area contributed by atoms with Gasteiger partial charge in [-0.15, -0.1) is 0 Å². The van der Waals surface area contributed by atoms with Crippen LogP contribution >= 0.6 is 0 Å². The standard InChI is InChI=1S/C24H25N5O2S/c1-16-14-19-21(12-7-13-22(19)32(25,30)31)29(16)24-27-20-11-6-5-10-18(20)23(28-24)26-15-17-8-3-2-4-9-17/h2-14,23-24,26-28H,15H2,1H3,(H2,25,30,31). The van der Waals surface area contributed by atoms with E-state index in [1.165, 1.54) is 5.56 Å². The maximum absolute atomic E-state index is 12.1. The third-order valence-electron chi connectivity index (χ3n) is 5.84. The molecular weight excluding hydrogens is 422 g/mol. The molecule has 0 saturated heterocycles. The second-order valence-corrected chi connectivity index (χ2v) is 9.52. The predicted octanol–water partition coefficient (Wildman–Crippen LogP) is 3.56. The molecule has 2 atom stereocenters. The van der Waals surface area contributed by atoms with Gasteiger partial charge in [0, 0.05) is 28.9 Å². The van der Waals surface area contributed by atoms with Gasteiger partial charge in [-0.25, -0.2) is 13.6 Å². The van der Waals surface area contributed by atoms with E-state index in [2.05, 4.69) is 44.8 Å². The number of aryl methyl sites for hydroxylation is 1. The van der Waals surface area contributed by atoms with Crippen molar-refractivity contribution in [3.05, 3.63) is 95.7 Å². The number of rotatable bonds is 5. The Morgan fingerprint density at radius 3 is 2.53 bits per heavy atom. The van der Waals surface area contributed by atoms with E-state index in [9.17, 15) is 8.42 Å². The number of nitrogens with one attached hydrogen (secondary N) is 3. The van der Waals surface area contributed by atoms with Crippen LogP contribution in [-0.4, -0.2) is 13.0 Å². The molecular formula is C24H25N5O2S. The van der Waals surface area contributed by atoms with Crippen LogP contribution in [0.4, 0.5) is 5.69 Å². The molecule has 32 heavy (non-hydrogen) atoms. The number of fused-ring (bicyclic) bond motifs is 2. The molecule has 5 rings (SSSR count). The van der Waals surface area contributed by atoms with Gasteiger partial charge in [0.1, 0.15) is 0 Å². The van der Waals surface area contributed by atoms with E-state index in [1.807, 2.05) is 49.4 Å². The van der Waals surface area contributed by atoms with Crippen LogP contribution in [0.25, 0.3) is 10.9 Å². The second-order valence-electron chi connectivity index (χ2n) is 7.99. The van der Waals surface area contributed by atoms with Crippen molar-refractivity contribution in [2.45, 2.75) is 30.8 Å². The van der Waals surface area contributed by atoms with Crippen LogP contribution in [0.2, 0.25) is 0 Å². The van der Waals surface area contributed by atoms with Crippen LogP contribution < -0.4 is 21.1 Å². The molecule has 0 radical (unpaired) electrons. The quantitative estimate of drug-likeness (QED) is 0.375. The number of benzene rings is 3. The van der Waals surface area contributed by atoms with E-state index in [1.54, 1.807) is 12.1 Å². The van der Waals surface area contributed by atoms with Crippen molar-refractivity contribution in [3.63, 3.8) is 0 Å². The molecule has 7 nitrogen and oxygen atoms in total. The lowest BCUT2D eigenvalue weighted by molar-refractivity contribution is 0.329. The normalized spacial score (nSPS) is 18.3. The average Bonchev–Trinajstić information content (AvgIpc) is 3.13. The highest BCUT2D eigenvalue weighted by Crippen LogP contribution is 2.34. The molecule has 0 aliphatic carbocycles. The molecule has 0 saturated carbocycles. The molecule has 0 fully saturated rings. The fourth-order valence-electron chi connectivity index (χ4n) is 4.39. The zero-order chi connectivity index (χ0) is 22.3. The Labute approximate surface area is 187 Å². The lowest BCUT2D eigenvalue weighted by Crippen LogP contribution is -2.45. The number of sulfonamides is 1. The Hall–Kier alpha value is -3.17. The molecule has 0 spiro atoms. The molecule has 5 N–H and O–H groups in total. The SMILES string of the molecule is Cc1cc2c(S(N)(=O)=O)cccc2n1C1Nc2ccccc2C(NCc2ccccc2)N1. The molecule has 2 heterocycles. The van der Waals surface area contributed by atoms with Crippen molar-refractivity contribution in [2.75, 3.05) is 5.32 Å². The molecule has 4 aromatic rings. The molecule has 8 heteroatoms. The highest BCUT2D eigenvalue weighted by atomic mass is 32.2. The summed E-state index contributed by atoms with van der Waals surface area (Å²) in [5, 5.41) is 16.9. The van der Waals surface area contributed by atoms with Gasteiger partial charge < -0.3 is 9.88 Å². The van der Waals surface area contributed by atoms with E-state index in [-0.39, 0.29) is 17.4 Å². The lowest BCUT2D eigenvalue weighted by Gasteiger charge is -2.37. The van der Waals surface area contributed by atoms with Crippen LogP contribution in [0, 0.1) is 6.92 Å². The summed E-state index contributed by atoms with van der Waals surface area (Å²) >= 11 is 0. The molecule has 164 valence electrons. The summed E-state index contributed by atoms with van der Waals surface area (Å²) in [7, 11) is -3.83. The molecule has 3 aromatic carbocycles. The molecule has 0 bridgehead atoms. The smallest absolute Gasteiger partial charge is 0.238 e. The van der Waals surface area contributed by atoms with Gasteiger partial charge in [0.05, 0.1) is 16.6 Å². The average molecular weight is 448 g/mol. The van der Waals surface area contributed by atoms with Gasteiger partial charge in [0.15, 0.2) is 6.29 Å². The van der Waals surface area contributed by atoms with Crippen molar-refractivity contribution < 1.29 is 8.42 Å². The van der Waals surface area contributed by atoms with Crippen LogP contribution in [0.5, 0.6) is 0 Å². The van der Waals surface area contributed by atoms with Crippen LogP contribution in [0.1, 0.15) is 29.3 Å². The Morgan fingerprint density at radius 1 is 1.00 bits per heavy atom. The Bertz CT molecular complexity index is 1380. The first-order valence-electron chi connectivity index (χ1n) is 10.4. The zero-order valence-electron chi connectivity index (χ0n) is 17.6. The summed E-state index contributed by atoms with van der Waals surface area (Å²) in [5.41, 5.74) is 5.05. The van der Waals surface area contributed by atoms with Crippen molar-refractivity contribution in [1.82, 2.24) is 15.2 Å². The summed E-state index contributed by atoms with van der Waals surface area (Å²) in [6.45, 7) is 2.67. The van der Waals surface area contributed by atoms with E-state index >= 15 is 0 Å². The highest BCUT2D eigenvalue weighted by Gasteiger charge is 2.28. The third kappa shape index (κ3) is 3.78. The van der Waals surface area contributed by atoms with Gasteiger partial charge in [-0.3, -0.25) is 10.6 Å². The molecule has 2 unspecified atom stereocenters. The number of nitrogens with zero attached hydrogens (tertiary/aromatic N) is 1. The van der Waals surface area contributed by atoms with Crippen LogP contribution in [0.3, 0.4) is 0 Å². The van der Waals surface area contributed by atoms with Crippen LogP contribution in [-0.2, 0) is 16.6 Å². The lowest BCUT2D eigenvalue weighted by atomic mass is 10.1. The van der Waals surface area contributed by atoms with E-state index in [0.717, 1.165) is 22.5 Å². The number of aromatic nitrogens is 1. The third-order valence-corrected chi connectivity index (χ3v) is 6.81.